The van der Waals surface area contributed by atoms with Gasteiger partial charge in [-0.1, -0.05) is 0 Å². The zero-order chi connectivity index (χ0) is 23.1. The molecule has 2 aliphatic heterocycles. The zero-order valence-corrected chi connectivity index (χ0v) is 20.0. The molecule has 1 aromatic heterocycles. The summed E-state index contributed by atoms with van der Waals surface area (Å²) in [6, 6.07) is 3.84. The highest BCUT2D eigenvalue weighted by Gasteiger charge is 2.41. The number of hydrogen-bond donors (Lipinski definition) is 0. The Morgan fingerprint density at radius 1 is 1.06 bits per heavy atom. The summed E-state index contributed by atoms with van der Waals surface area (Å²) >= 11 is 0. The van der Waals surface area contributed by atoms with Crippen molar-refractivity contribution in [3.8, 4) is 11.5 Å². The molecular formula is C23H34N5O4+. The summed E-state index contributed by atoms with van der Waals surface area (Å²) < 4.78 is 17.3. The quantitative estimate of drug-likeness (QED) is 0.654. The number of quaternary nitrogens is 1. The Bertz CT molecular complexity index is 1010. The van der Waals surface area contributed by atoms with Crippen LogP contribution < -0.4 is 18.9 Å². The van der Waals surface area contributed by atoms with Crippen LogP contribution in [-0.4, -0.2) is 94.5 Å². The Labute approximate surface area is 189 Å². The van der Waals surface area contributed by atoms with Gasteiger partial charge in [0.05, 0.1) is 46.3 Å². The lowest BCUT2D eigenvalue weighted by Gasteiger charge is -2.38. The van der Waals surface area contributed by atoms with E-state index < -0.39 is 5.60 Å². The number of hydrogen-bond acceptors (Lipinski definition) is 7. The molecule has 0 bridgehead atoms. The molecule has 1 atom stereocenters. The van der Waals surface area contributed by atoms with Crippen molar-refractivity contribution in [2.45, 2.75) is 25.4 Å². The summed E-state index contributed by atoms with van der Waals surface area (Å²) in [5.41, 5.74) is 0.134. The first-order chi connectivity index (χ1) is 15.2. The molecule has 174 valence electrons. The number of carbonyl (C=O) groups excluding carboxylic acids is 1. The largest absolute Gasteiger partial charge is 0.493 e. The minimum absolute atomic E-state index is 0.0953. The molecule has 1 aromatic carbocycles. The van der Waals surface area contributed by atoms with Gasteiger partial charge in [0.15, 0.2) is 11.5 Å². The Morgan fingerprint density at radius 3 is 2.28 bits per heavy atom. The number of anilines is 1. The molecule has 3 heterocycles. The molecule has 0 spiro atoms. The van der Waals surface area contributed by atoms with Crippen molar-refractivity contribution in [2.24, 2.45) is 0 Å². The topological polar surface area (TPSA) is 77.0 Å². The number of benzene rings is 1. The smallest absolute Gasteiger partial charge is 0.254 e. The SMILES string of the molecule is COc1cc2nc(N3CCN(C(=O)C4(C)CCCO4)CC3)nc([N+](C)(C)C)c2cc1OC. The van der Waals surface area contributed by atoms with Gasteiger partial charge in [0.1, 0.15) is 5.60 Å². The van der Waals surface area contributed by atoms with Gasteiger partial charge in [0.25, 0.3) is 5.91 Å². The van der Waals surface area contributed by atoms with Crippen molar-refractivity contribution in [1.82, 2.24) is 19.4 Å². The minimum Gasteiger partial charge on any atom is -0.493 e. The molecule has 2 aliphatic rings. The average Bonchev–Trinajstić information content (AvgIpc) is 3.23. The van der Waals surface area contributed by atoms with E-state index in [1.54, 1.807) is 14.2 Å². The van der Waals surface area contributed by atoms with E-state index in [-0.39, 0.29) is 5.91 Å². The standard InChI is InChI=1S/C23H34N5O4/c1-23(8-7-13-32-23)21(29)26-9-11-27(12-10-26)22-24-17-15-19(31-6)18(30-5)14-16(17)20(25-22)28(2,3)4/h14-15H,7-13H2,1-6H3/q+1. The third-order valence-corrected chi connectivity index (χ3v) is 6.33. The normalized spacial score (nSPS) is 21.8. The van der Waals surface area contributed by atoms with Crippen LogP contribution in [-0.2, 0) is 9.53 Å². The fraction of sp³-hybridized carbons (Fsp3) is 0.609. The number of methoxy groups -OCH3 is 2. The van der Waals surface area contributed by atoms with Crippen LogP contribution in [0.25, 0.3) is 10.9 Å². The molecule has 0 radical (unpaired) electrons. The van der Waals surface area contributed by atoms with E-state index in [0.29, 0.717) is 54.7 Å². The van der Waals surface area contributed by atoms with Crippen LogP contribution in [0.2, 0.25) is 0 Å². The highest BCUT2D eigenvalue weighted by molar-refractivity contribution is 5.92. The fourth-order valence-electron chi connectivity index (χ4n) is 4.47. The summed E-state index contributed by atoms with van der Waals surface area (Å²) in [6.45, 7) is 5.19. The molecule has 2 saturated heterocycles. The summed E-state index contributed by atoms with van der Waals surface area (Å²) in [6.07, 6.45) is 1.73. The van der Waals surface area contributed by atoms with E-state index in [1.807, 2.05) is 24.0 Å². The molecule has 2 aromatic rings. The third-order valence-electron chi connectivity index (χ3n) is 6.33. The van der Waals surface area contributed by atoms with E-state index in [2.05, 4.69) is 26.0 Å². The second-order valence-corrected chi connectivity index (χ2v) is 9.55. The van der Waals surface area contributed by atoms with Gasteiger partial charge >= 0.3 is 0 Å². The van der Waals surface area contributed by atoms with E-state index >= 15 is 0 Å². The van der Waals surface area contributed by atoms with Crippen LogP contribution in [0.3, 0.4) is 0 Å². The lowest BCUT2D eigenvalue weighted by atomic mass is 10.0. The maximum atomic E-state index is 13.0. The highest BCUT2D eigenvalue weighted by atomic mass is 16.5. The molecule has 0 aliphatic carbocycles. The summed E-state index contributed by atoms with van der Waals surface area (Å²) in [4.78, 5) is 26.9. The van der Waals surface area contributed by atoms with Gasteiger partial charge in [-0.05, 0) is 19.8 Å². The lowest BCUT2D eigenvalue weighted by Crippen LogP contribution is -2.55. The van der Waals surface area contributed by atoms with E-state index in [1.165, 1.54) is 0 Å². The van der Waals surface area contributed by atoms with Crippen molar-refractivity contribution in [3.63, 3.8) is 0 Å². The Kier molecular flexibility index (Phi) is 5.89. The van der Waals surface area contributed by atoms with Crippen LogP contribution >= 0.6 is 0 Å². The number of piperazine rings is 1. The number of carbonyl (C=O) groups is 1. The van der Waals surface area contributed by atoms with Crippen molar-refractivity contribution in [1.29, 1.82) is 0 Å². The first kappa shape index (κ1) is 22.5. The van der Waals surface area contributed by atoms with Crippen molar-refractivity contribution >= 4 is 28.6 Å². The minimum atomic E-state index is -0.673. The molecular weight excluding hydrogens is 410 g/mol. The van der Waals surface area contributed by atoms with E-state index in [9.17, 15) is 4.79 Å². The van der Waals surface area contributed by atoms with Crippen molar-refractivity contribution < 1.29 is 19.0 Å². The van der Waals surface area contributed by atoms with Crippen LogP contribution in [0.4, 0.5) is 11.8 Å². The predicted molar refractivity (Wildman–Crippen MR) is 125 cm³/mol. The molecule has 9 nitrogen and oxygen atoms in total. The zero-order valence-electron chi connectivity index (χ0n) is 20.0. The van der Waals surface area contributed by atoms with Crippen LogP contribution in [0.15, 0.2) is 12.1 Å². The predicted octanol–water partition coefficient (Wildman–Crippen LogP) is 2.06. The van der Waals surface area contributed by atoms with Crippen molar-refractivity contribution in [3.05, 3.63) is 12.1 Å². The maximum Gasteiger partial charge on any atom is 0.254 e. The average molecular weight is 445 g/mol. The third kappa shape index (κ3) is 4.06. The monoisotopic (exact) mass is 444 g/mol. The maximum absolute atomic E-state index is 13.0. The Hall–Kier alpha value is -2.65. The first-order valence-electron chi connectivity index (χ1n) is 11.1. The number of ether oxygens (including phenoxy) is 3. The van der Waals surface area contributed by atoms with Gasteiger partial charge in [-0.3, -0.25) is 9.28 Å². The van der Waals surface area contributed by atoms with Gasteiger partial charge in [0.2, 0.25) is 11.8 Å². The molecule has 1 unspecified atom stereocenters. The van der Waals surface area contributed by atoms with E-state index in [0.717, 1.165) is 29.6 Å². The fourth-order valence-corrected chi connectivity index (χ4v) is 4.47. The van der Waals surface area contributed by atoms with E-state index in [4.69, 9.17) is 24.2 Å². The molecule has 2 fully saturated rings. The first-order valence-corrected chi connectivity index (χ1v) is 11.1. The van der Waals surface area contributed by atoms with Gasteiger partial charge < -0.3 is 24.0 Å². The highest BCUT2D eigenvalue weighted by Crippen LogP contribution is 2.37. The molecule has 4 rings (SSSR count). The van der Waals surface area contributed by atoms with Crippen LogP contribution in [0.1, 0.15) is 19.8 Å². The number of fused-ring (bicyclic) bond motifs is 1. The Morgan fingerprint density at radius 2 is 1.72 bits per heavy atom. The second kappa shape index (κ2) is 8.37. The molecule has 32 heavy (non-hydrogen) atoms. The van der Waals surface area contributed by atoms with Crippen LogP contribution in [0.5, 0.6) is 11.5 Å². The lowest BCUT2D eigenvalue weighted by molar-refractivity contribution is -0.151. The number of amides is 1. The molecule has 0 N–H and O–H groups in total. The molecule has 9 heteroatoms. The number of rotatable bonds is 5. The van der Waals surface area contributed by atoms with Gasteiger partial charge in [-0.15, -0.1) is 0 Å². The summed E-state index contributed by atoms with van der Waals surface area (Å²) in [5.74, 6) is 2.95. The van der Waals surface area contributed by atoms with Crippen molar-refractivity contribution in [2.75, 3.05) is 73.0 Å². The summed E-state index contributed by atoms with van der Waals surface area (Å²) in [7, 11) is 9.50. The van der Waals surface area contributed by atoms with Gasteiger partial charge in [-0.2, -0.15) is 4.98 Å². The van der Waals surface area contributed by atoms with Gasteiger partial charge in [-0.25, -0.2) is 4.98 Å². The Balaban J connectivity index is 1.63. The molecule has 0 saturated carbocycles. The summed E-state index contributed by atoms with van der Waals surface area (Å²) in [5, 5.41) is 0.930. The van der Waals surface area contributed by atoms with Crippen LogP contribution in [0, 0.1) is 0 Å². The number of aromatic nitrogens is 2. The van der Waals surface area contributed by atoms with Gasteiger partial charge in [0, 0.05) is 44.9 Å². The second-order valence-electron chi connectivity index (χ2n) is 9.55. The number of nitrogens with zero attached hydrogens (tertiary/aromatic N) is 5. The molecule has 1 amide bonds.